The van der Waals surface area contributed by atoms with E-state index in [2.05, 4.69) is 4.90 Å². The van der Waals surface area contributed by atoms with Crippen LogP contribution in [0.25, 0.3) is 0 Å². The summed E-state index contributed by atoms with van der Waals surface area (Å²) < 4.78 is 16.9. The number of piperidine rings is 1. The maximum atomic E-state index is 10.7. The number of methoxy groups -OCH3 is 2. The standard InChI is InChI=1S/C23H29NO5/c1-27-17-5-3-4-16(12-17)21(26)15-24-10-8-23(9-11-24)14-20(25)19-13-18(28-2)6-7-22(19)29-23/h3-7,12-13,20-21,25-26H,8-11,14-15H2,1-2H3/t20-,21+/m0/s1. The fraction of sp³-hybridized carbons (Fsp3) is 0.478. The van der Waals surface area contributed by atoms with Gasteiger partial charge < -0.3 is 29.3 Å². The Morgan fingerprint density at radius 2 is 1.83 bits per heavy atom. The molecule has 2 atom stereocenters. The monoisotopic (exact) mass is 399 g/mol. The van der Waals surface area contributed by atoms with E-state index in [0.717, 1.165) is 54.3 Å². The zero-order chi connectivity index (χ0) is 20.4. The van der Waals surface area contributed by atoms with E-state index in [4.69, 9.17) is 14.2 Å². The van der Waals surface area contributed by atoms with Gasteiger partial charge in [0.1, 0.15) is 22.8 Å². The van der Waals surface area contributed by atoms with Crippen molar-refractivity contribution in [2.24, 2.45) is 0 Å². The van der Waals surface area contributed by atoms with E-state index in [1.807, 2.05) is 42.5 Å². The number of fused-ring (bicyclic) bond motifs is 1. The summed E-state index contributed by atoms with van der Waals surface area (Å²) in [6.45, 7) is 2.21. The molecule has 156 valence electrons. The summed E-state index contributed by atoms with van der Waals surface area (Å²) >= 11 is 0. The minimum atomic E-state index is -0.565. The Morgan fingerprint density at radius 3 is 2.55 bits per heavy atom. The van der Waals surface area contributed by atoms with E-state index < -0.39 is 12.2 Å². The van der Waals surface area contributed by atoms with Crippen molar-refractivity contribution in [3.63, 3.8) is 0 Å². The van der Waals surface area contributed by atoms with Gasteiger partial charge in [0.25, 0.3) is 0 Å². The highest BCUT2D eigenvalue weighted by atomic mass is 16.5. The van der Waals surface area contributed by atoms with Crippen molar-refractivity contribution in [2.45, 2.75) is 37.1 Å². The van der Waals surface area contributed by atoms with Gasteiger partial charge >= 0.3 is 0 Å². The molecule has 1 spiro atoms. The number of ether oxygens (including phenoxy) is 3. The molecule has 0 bridgehead atoms. The maximum Gasteiger partial charge on any atom is 0.126 e. The fourth-order valence-corrected chi connectivity index (χ4v) is 4.39. The normalized spacial score (nSPS) is 21.9. The van der Waals surface area contributed by atoms with Crippen molar-refractivity contribution in [1.82, 2.24) is 4.90 Å². The molecular weight excluding hydrogens is 370 g/mol. The summed E-state index contributed by atoms with van der Waals surface area (Å²) in [6, 6.07) is 13.2. The van der Waals surface area contributed by atoms with Crippen molar-refractivity contribution in [1.29, 1.82) is 0 Å². The number of likely N-dealkylation sites (tertiary alicyclic amines) is 1. The summed E-state index contributed by atoms with van der Waals surface area (Å²) in [6.07, 6.45) is 1.10. The third-order valence-electron chi connectivity index (χ3n) is 6.14. The highest BCUT2D eigenvalue weighted by Gasteiger charge is 2.43. The lowest BCUT2D eigenvalue weighted by Crippen LogP contribution is -2.51. The Labute approximate surface area is 171 Å². The van der Waals surface area contributed by atoms with E-state index in [0.29, 0.717) is 13.0 Å². The summed E-state index contributed by atoms with van der Waals surface area (Å²) in [5.41, 5.74) is 1.31. The molecule has 6 nitrogen and oxygen atoms in total. The molecule has 4 rings (SSSR count). The Balaban J connectivity index is 1.38. The zero-order valence-electron chi connectivity index (χ0n) is 17.0. The lowest BCUT2D eigenvalue weighted by Gasteiger charge is -2.46. The second-order valence-corrected chi connectivity index (χ2v) is 8.00. The van der Waals surface area contributed by atoms with Crippen LogP contribution in [0.4, 0.5) is 0 Å². The van der Waals surface area contributed by atoms with Gasteiger partial charge in [-0.3, -0.25) is 0 Å². The first kappa shape index (κ1) is 20.0. The molecule has 29 heavy (non-hydrogen) atoms. The number of aliphatic hydroxyl groups is 2. The first-order chi connectivity index (χ1) is 14.0. The van der Waals surface area contributed by atoms with Gasteiger partial charge in [0.15, 0.2) is 0 Å². The van der Waals surface area contributed by atoms with Gasteiger partial charge in [-0.25, -0.2) is 0 Å². The van der Waals surface area contributed by atoms with Crippen LogP contribution in [0, 0.1) is 0 Å². The molecule has 0 aliphatic carbocycles. The van der Waals surface area contributed by atoms with Crippen molar-refractivity contribution in [3.05, 3.63) is 53.6 Å². The lowest BCUT2D eigenvalue weighted by atomic mass is 9.81. The van der Waals surface area contributed by atoms with E-state index in [-0.39, 0.29) is 5.60 Å². The highest BCUT2D eigenvalue weighted by molar-refractivity contribution is 5.43. The molecule has 0 radical (unpaired) electrons. The molecule has 2 aliphatic rings. The van der Waals surface area contributed by atoms with E-state index >= 15 is 0 Å². The van der Waals surface area contributed by atoms with Gasteiger partial charge in [-0.2, -0.15) is 0 Å². The quantitative estimate of drug-likeness (QED) is 0.805. The smallest absolute Gasteiger partial charge is 0.126 e. The molecule has 0 saturated carbocycles. The van der Waals surface area contributed by atoms with Crippen LogP contribution >= 0.6 is 0 Å². The average Bonchev–Trinajstić information content (AvgIpc) is 2.75. The predicted molar refractivity (Wildman–Crippen MR) is 110 cm³/mol. The number of β-amino-alcohol motifs (C(OH)–C–C–N with tert-alkyl or cyclic N) is 1. The summed E-state index contributed by atoms with van der Waals surface area (Å²) in [5, 5.41) is 21.3. The van der Waals surface area contributed by atoms with Crippen LogP contribution in [0.1, 0.15) is 42.6 Å². The minimum absolute atomic E-state index is 0.349. The van der Waals surface area contributed by atoms with Crippen LogP contribution in [0.15, 0.2) is 42.5 Å². The van der Waals surface area contributed by atoms with Crippen LogP contribution in [0.3, 0.4) is 0 Å². The number of benzene rings is 2. The largest absolute Gasteiger partial charge is 0.497 e. The molecule has 6 heteroatoms. The van der Waals surface area contributed by atoms with E-state index in [1.165, 1.54) is 0 Å². The second kappa shape index (κ2) is 8.22. The summed E-state index contributed by atoms with van der Waals surface area (Å²) in [4.78, 5) is 2.26. The van der Waals surface area contributed by atoms with Crippen LogP contribution in [-0.2, 0) is 0 Å². The predicted octanol–water partition coefficient (Wildman–Crippen LogP) is 3.09. The number of nitrogens with zero attached hydrogens (tertiary/aromatic N) is 1. The number of rotatable bonds is 5. The molecular formula is C23H29NO5. The van der Waals surface area contributed by atoms with Crippen LogP contribution in [0.2, 0.25) is 0 Å². The average molecular weight is 399 g/mol. The molecule has 1 fully saturated rings. The van der Waals surface area contributed by atoms with Crippen molar-refractivity contribution >= 4 is 0 Å². The van der Waals surface area contributed by atoms with Gasteiger partial charge in [-0.1, -0.05) is 12.1 Å². The number of aliphatic hydroxyl groups excluding tert-OH is 2. The van der Waals surface area contributed by atoms with Crippen molar-refractivity contribution in [2.75, 3.05) is 33.9 Å². The molecule has 2 heterocycles. The second-order valence-electron chi connectivity index (χ2n) is 8.00. The summed E-state index contributed by atoms with van der Waals surface area (Å²) in [7, 11) is 3.25. The Morgan fingerprint density at radius 1 is 1.10 bits per heavy atom. The van der Waals surface area contributed by atoms with E-state index in [9.17, 15) is 10.2 Å². The van der Waals surface area contributed by atoms with Gasteiger partial charge in [0.05, 0.1) is 26.4 Å². The van der Waals surface area contributed by atoms with Gasteiger partial charge in [0, 0.05) is 31.6 Å². The maximum absolute atomic E-state index is 10.7. The SMILES string of the molecule is COc1cccc([C@H](O)CN2CCC3(CC2)C[C@H](O)c2cc(OC)ccc2O3)c1. The van der Waals surface area contributed by atoms with Crippen LogP contribution < -0.4 is 14.2 Å². The Hall–Kier alpha value is -2.28. The lowest BCUT2D eigenvalue weighted by molar-refractivity contribution is -0.0588. The Bertz CT molecular complexity index is 847. The molecule has 2 aliphatic heterocycles. The van der Waals surface area contributed by atoms with E-state index in [1.54, 1.807) is 14.2 Å². The van der Waals surface area contributed by atoms with Crippen LogP contribution in [0.5, 0.6) is 17.2 Å². The van der Waals surface area contributed by atoms with Gasteiger partial charge in [0.2, 0.25) is 0 Å². The molecule has 1 saturated heterocycles. The molecule has 0 unspecified atom stereocenters. The minimum Gasteiger partial charge on any atom is -0.497 e. The molecule has 2 aromatic carbocycles. The highest BCUT2D eigenvalue weighted by Crippen LogP contribution is 2.45. The molecule has 2 aromatic rings. The summed E-state index contributed by atoms with van der Waals surface area (Å²) in [5.74, 6) is 2.22. The number of hydrogen-bond acceptors (Lipinski definition) is 6. The molecule has 0 amide bonds. The Kier molecular flexibility index (Phi) is 5.67. The van der Waals surface area contributed by atoms with Crippen molar-refractivity contribution in [3.8, 4) is 17.2 Å². The fourth-order valence-electron chi connectivity index (χ4n) is 4.39. The van der Waals surface area contributed by atoms with Gasteiger partial charge in [-0.05, 0) is 48.7 Å². The third-order valence-corrected chi connectivity index (χ3v) is 6.14. The third kappa shape index (κ3) is 4.20. The van der Waals surface area contributed by atoms with Crippen molar-refractivity contribution < 1.29 is 24.4 Å². The topological polar surface area (TPSA) is 71.4 Å². The first-order valence-corrected chi connectivity index (χ1v) is 10.1. The zero-order valence-corrected chi connectivity index (χ0v) is 17.0. The molecule has 2 N–H and O–H groups in total. The van der Waals surface area contributed by atoms with Crippen LogP contribution in [-0.4, -0.2) is 54.6 Å². The van der Waals surface area contributed by atoms with Gasteiger partial charge in [-0.15, -0.1) is 0 Å². The first-order valence-electron chi connectivity index (χ1n) is 10.1. The number of hydrogen-bond donors (Lipinski definition) is 2. The molecule has 0 aromatic heterocycles.